The summed E-state index contributed by atoms with van der Waals surface area (Å²) >= 11 is 0. The van der Waals surface area contributed by atoms with E-state index in [-0.39, 0.29) is 6.10 Å². The number of pyridine rings is 1. The first kappa shape index (κ1) is 8.70. The van der Waals surface area contributed by atoms with Gasteiger partial charge >= 0.3 is 0 Å². The van der Waals surface area contributed by atoms with Crippen molar-refractivity contribution in [2.24, 2.45) is 5.92 Å². The molecular formula is C11H15NO. The molecule has 1 aliphatic rings. The zero-order chi connectivity index (χ0) is 9.26. The van der Waals surface area contributed by atoms with Gasteiger partial charge in [-0.15, -0.1) is 0 Å². The molecule has 1 aromatic heterocycles. The molecule has 2 atom stereocenters. The van der Waals surface area contributed by atoms with Crippen molar-refractivity contribution >= 4 is 0 Å². The molecule has 0 radical (unpaired) electrons. The van der Waals surface area contributed by atoms with E-state index in [0.717, 1.165) is 25.0 Å². The van der Waals surface area contributed by atoms with Crippen LogP contribution in [0.5, 0.6) is 0 Å². The summed E-state index contributed by atoms with van der Waals surface area (Å²) in [7, 11) is 0. The van der Waals surface area contributed by atoms with Crippen LogP contribution in [0.25, 0.3) is 0 Å². The van der Waals surface area contributed by atoms with Gasteiger partial charge < -0.3 is 5.11 Å². The van der Waals surface area contributed by atoms with Gasteiger partial charge in [0.1, 0.15) is 0 Å². The Hall–Kier alpha value is -0.890. The molecule has 0 bridgehead atoms. The zero-order valence-electron chi connectivity index (χ0n) is 7.90. The molecule has 1 aliphatic carbocycles. The van der Waals surface area contributed by atoms with E-state index in [1.165, 1.54) is 5.56 Å². The third kappa shape index (κ3) is 1.73. The Labute approximate surface area is 78.6 Å². The number of aliphatic hydroxyl groups is 1. The van der Waals surface area contributed by atoms with Crippen LogP contribution in [0.3, 0.4) is 0 Å². The van der Waals surface area contributed by atoms with Crippen LogP contribution in [0.15, 0.2) is 18.3 Å². The van der Waals surface area contributed by atoms with Crippen molar-refractivity contribution in [3.63, 3.8) is 0 Å². The van der Waals surface area contributed by atoms with Crippen molar-refractivity contribution in [1.82, 2.24) is 4.98 Å². The zero-order valence-corrected chi connectivity index (χ0v) is 7.90. The maximum Gasteiger partial charge on any atom is 0.0965 e. The van der Waals surface area contributed by atoms with Crippen molar-refractivity contribution in [2.75, 3.05) is 0 Å². The van der Waals surface area contributed by atoms with Gasteiger partial charge in [0, 0.05) is 6.20 Å². The Bertz CT molecular complexity index is 298. The molecule has 0 saturated heterocycles. The lowest BCUT2D eigenvalue weighted by molar-refractivity contribution is 0.145. The maximum absolute atomic E-state index is 9.85. The van der Waals surface area contributed by atoms with E-state index in [0.29, 0.717) is 5.92 Å². The molecule has 1 N–H and O–H groups in total. The van der Waals surface area contributed by atoms with Crippen molar-refractivity contribution < 1.29 is 5.11 Å². The molecule has 13 heavy (non-hydrogen) atoms. The fourth-order valence-corrected chi connectivity index (χ4v) is 1.97. The molecule has 0 aromatic carbocycles. The highest BCUT2D eigenvalue weighted by molar-refractivity contribution is 5.23. The Morgan fingerprint density at radius 1 is 1.54 bits per heavy atom. The third-order valence-electron chi connectivity index (χ3n) is 2.77. The summed E-state index contributed by atoms with van der Waals surface area (Å²) in [5, 5.41) is 9.85. The molecule has 1 heterocycles. The first-order valence-electron chi connectivity index (χ1n) is 4.89. The molecule has 0 amide bonds. The minimum absolute atomic E-state index is 0.353. The molecule has 0 aliphatic heterocycles. The molecule has 2 heteroatoms. The minimum atomic E-state index is -0.353. The summed E-state index contributed by atoms with van der Waals surface area (Å²) in [5.41, 5.74) is 2.12. The van der Waals surface area contributed by atoms with Gasteiger partial charge in [-0.1, -0.05) is 13.0 Å². The van der Waals surface area contributed by atoms with Crippen LogP contribution in [0.1, 0.15) is 37.1 Å². The van der Waals surface area contributed by atoms with E-state index in [9.17, 15) is 5.11 Å². The standard InChI is InChI=1S/C11H15NO/c1-8-4-5-9-3-2-6-12-11(9)10(13)7-8/h2-3,6,8,10,13H,4-5,7H2,1H3/t8-,10+/m1/s1. The predicted molar refractivity (Wildman–Crippen MR) is 51.3 cm³/mol. The summed E-state index contributed by atoms with van der Waals surface area (Å²) in [6.07, 6.45) is 4.48. The van der Waals surface area contributed by atoms with Gasteiger partial charge in [0.05, 0.1) is 11.8 Å². The van der Waals surface area contributed by atoms with Crippen LogP contribution in [0, 0.1) is 5.92 Å². The number of aliphatic hydroxyl groups excluding tert-OH is 1. The monoisotopic (exact) mass is 177 g/mol. The second kappa shape index (κ2) is 3.46. The van der Waals surface area contributed by atoms with Crippen LogP contribution in [-0.2, 0) is 6.42 Å². The van der Waals surface area contributed by atoms with Crippen molar-refractivity contribution in [3.05, 3.63) is 29.6 Å². The molecule has 2 nitrogen and oxygen atoms in total. The van der Waals surface area contributed by atoms with Gasteiger partial charge in [0.25, 0.3) is 0 Å². The highest BCUT2D eigenvalue weighted by Crippen LogP contribution is 2.29. The lowest BCUT2D eigenvalue weighted by atomic mass is 10.0. The largest absolute Gasteiger partial charge is 0.387 e. The van der Waals surface area contributed by atoms with Gasteiger partial charge in [0.2, 0.25) is 0 Å². The Kier molecular flexibility index (Phi) is 2.32. The minimum Gasteiger partial charge on any atom is -0.387 e. The summed E-state index contributed by atoms with van der Waals surface area (Å²) in [6, 6.07) is 4.02. The quantitative estimate of drug-likeness (QED) is 0.615. The molecule has 0 spiro atoms. The Morgan fingerprint density at radius 3 is 3.23 bits per heavy atom. The number of rotatable bonds is 0. The number of aromatic nitrogens is 1. The molecule has 0 fully saturated rings. The average Bonchev–Trinajstić information content (AvgIpc) is 2.27. The van der Waals surface area contributed by atoms with E-state index in [1.807, 2.05) is 6.07 Å². The fourth-order valence-electron chi connectivity index (χ4n) is 1.97. The second-order valence-electron chi connectivity index (χ2n) is 3.94. The molecular weight excluding hydrogens is 162 g/mol. The van der Waals surface area contributed by atoms with Crippen LogP contribution in [-0.4, -0.2) is 10.1 Å². The first-order valence-corrected chi connectivity index (χ1v) is 4.89. The summed E-state index contributed by atoms with van der Waals surface area (Å²) in [5.74, 6) is 0.601. The molecule has 0 unspecified atom stereocenters. The van der Waals surface area contributed by atoms with Crippen LogP contribution >= 0.6 is 0 Å². The first-order chi connectivity index (χ1) is 6.27. The average molecular weight is 177 g/mol. The summed E-state index contributed by atoms with van der Waals surface area (Å²) in [6.45, 7) is 2.19. The smallest absolute Gasteiger partial charge is 0.0965 e. The summed E-state index contributed by atoms with van der Waals surface area (Å²) in [4.78, 5) is 4.24. The van der Waals surface area contributed by atoms with E-state index in [2.05, 4.69) is 18.0 Å². The predicted octanol–water partition coefficient (Wildman–Crippen LogP) is 2.09. The Balaban J connectivity index is 2.35. The van der Waals surface area contributed by atoms with E-state index in [1.54, 1.807) is 6.20 Å². The van der Waals surface area contributed by atoms with Gasteiger partial charge in [-0.25, -0.2) is 0 Å². The Morgan fingerprint density at radius 2 is 2.38 bits per heavy atom. The molecule has 2 rings (SSSR count). The summed E-state index contributed by atoms with van der Waals surface area (Å²) < 4.78 is 0. The van der Waals surface area contributed by atoms with Crippen LogP contribution in [0.4, 0.5) is 0 Å². The molecule has 70 valence electrons. The normalized spacial score (nSPS) is 27.8. The van der Waals surface area contributed by atoms with E-state index < -0.39 is 0 Å². The van der Waals surface area contributed by atoms with Gasteiger partial charge in [-0.2, -0.15) is 0 Å². The number of hydrogen-bond acceptors (Lipinski definition) is 2. The number of nitrogens with zero attached hydrogens (tertiary/aromatic N) is 1. The lowest BCUT2D eigenvalue weighted by Gasteiger charge is -2.11. The number of hydrogen-bond donors (Lipinski definition) is 1. The highest BCUT2D eigenvalue weighted by atomic mass is 16.3. The van der Waals surface area contributed by atoms with E-state index >= 15 is 0 Å². The number of aryl methyl sites for hydroxylation is 1. The maximum atomic E-state index is 9.85. The van der Waals surface area contributed by atoms with Gasteiger partial charge in [-0.3, -0.25) is 4.98 Å². The van der Waals surface area contributed by atoms with Crippen LogP contribution in [0.2, 0.25) is 0 Å². The third-order valence-corrected chi connectivity index (χ3v) is 2.77. The second-order valence-corrected chi connectivity index (χ2v) is 3.94. The molecule has 1 aromatic rings. The lowest BCUT2D eigenvalue weighted by Crippen LogP contribution is -2.03. The SMILES string of the molecule is C[C@@H]1CCc2cccnc2[C@@H](O)C1. The molecule has 0 saturated carbocycles. The highest BCUT2D eigenvalue weighted by Gasteiger charge is 2.20. The number of fused-ring (bicyclic) bond motifs is 1. The van der Waals surface area contributed by atoms with Gasteiger partial charge in [0.15, 0.2) is 0 Å². The topological polar surface area (TPSA) is 33.1 Å². The van der Waals surface area contributed by atoms with E-state index in [4.69, 9.17) is 0 Å². The van der Waals surface area contributed by atoms with Crippen molar-refractivity contribution in [3.8, 4) is 0 Å². The van der Waals surface area contributed by atoms with Gasteiger partial charge in [-0.05, 0) is 36.8 Å². The van der Waals surface area contributed by atoms with Crippen LogP contribution < -0.4 is 0 Å². The fraction of sp³-hybridized carbons (Fsp3) is 0.545. The van der Waals surface area contributed by atoms with Crippen molar-refractivity contribution in [1.29, 1.82) is 0 Å². The van der Waals surface area contributed by atoms with Crippen molar-refractivity contribution in [2.45, 2.75) is 32.3 Å².